The predicted octanol–water partition coefficient (Wildman–Crippen LogP) is 6.98. The van der Waals surface area contributed by atoms with Gasteiger partial charge >= 0.3 is 0 Å². The summed E-state index contributed by atoms with van der Waals surface area (Å²) in [5, 5.41) is 0. The molecule has 5 rings (SSSR count). The lowest BCUT2D eigenvalue weighted by molar-refractivity contribution is 0.407. The van der Waals surface area contributed by atoms with Gasteiger partial charge in [-0.1, -0.05) is 42.5 Å². The van der Waals surface area contributed by atoms with Gasteiger partial charge in [0.25, 0.3) is 0 Å². The van der Waals surface area contributed by atoms with Crippen molar-refractivity contribution in [3.8, 4) is 23.0 Å². The maximum Gasteiger partial charge on any atom is 0.119 e. The molecule has 0 radical (unpaired) electrons. The molecule has 0 saturated heterocycles. The third-order valence-corrected chi connectivity index (χ3v) is 7.44. The van der Waals surface area contributed by atoms with Crippen molar-refractivity contribution in [1.82, 2.24) is 0 Å². The van der Waals surface area contributed by atoms with Crippen LogP contribution in [0.3, 0.4) is 0 Å². The van der Waals surface area contributed by atoms with Crippen molar-refractivity contribution in [3.63, 3.8) is 0 Å². The molecule has 3 atom stereocenters. The molecule has 1 aliphatic rings. The number of benzene rings is 4. The Bertz CT molecular complexity index is 1290. The van der Waals surface area contributed by atoms with Gasteiger partial charge in [-0.25, -0.2) is 0 Å². The zero-order chi connectivity index (χ0) is 25.1. The van der Waals surface area contributed by atoms with Crippen molar-refractivity contribution in [2.24, 2.45) is 0 Å². The number of methoxy groups -OCH3 is 4. The first kappa shape index (κ1) is 23.8. The van der Waals surface area contributed by atoms with Gasteiger partial charge in [-0.3, -0.25) is 0 Å². The maximum absolute atomic E-state index is 5.61. The second-order valence-corrected chi connectivity index (χ2v) is 9.20. The molecule has 0 spiro atoms. The molecule has 4 heteroatoms. The van der Waals surface area contributed by atoms with E-state index in [1.807, 2.05) is 0 Å². The highest BCUT2D eigenvalue weighted by atomic mass is 16.5. The Hall–Kier alpha value is -3.92. The molecule has 0 amide bonds. The van der Waals surface area contributed by atoms with Crippen molar-refractivity contribution >= 4 is 0 Å². The lowest BCUT2D eigenvalue weighted by Crippen LogP contribution is -2.28. The van der Waals surface area contributed by atoms with Crippen molar-refractivity contribution in [1.29, 1.82) is 0 Å². The fraction of sp³-hybridized carbons (Fsp3) is 0.250. The van der Waals surface area contributed by atoms with Crippen LogP contribution in [0.2, 0.25) is 0 Å². The lowest BCUT2D eigenvalue weighted by Gasteiger charge is -2.41. The van der Waals surface area contributed by atoms with Gasteiger partial charge in [0.2, 0.25) is 0 Å². The molecular formula is C32H32O4. The molecule has 4 aromatic rings. The van der Waals surface area contributed by atoms with Gasteiger partial charge in [-0.05, 0) is 88.7 Å². The topological polar surface area (TPSA) is 36.9 Å². The van der Waals surface area contributed by atoms with Crippen LogP contribution in [-0.4, -0.2) is 28.4 Å². The third kappa shape index (κ3) is 4.51. The highest BCUT2D eigenvalue weighted by Crippen LogP contribution is 2.53. The van der Waals surface area contributed by atoms with Gasteiger partial charge in [-0.2, -0.15) is 0 Å². The highest BCUT2D eigenvalue weighted by Gasteiger charge is 2.39. The van der Waals surface area contributed by atoms with Crippen LogP contribution in [0.5, 0.6) is 23.0 Å². The van der Waals surface area contributed by atoms with Crippen molar-refractivity contribution in [3.05, 3.63) is 119 Å². The Morgan fingerprint density at radius 3 is 1.44 bits per heavy atom. The number of hydrogen-bond donors (Lipinski definition) is 0. The van der Waals surface area contributed by atoms with Crippen molar-refractivity contribution < 1.29 is 18.9 Å². The van der Waals surface area contributed by atoms with Crippen LogP contribution >= 0.6 is 0 Å². The quantitative estimate of drug-likeness (QED) is 0.286. The van der Waals surface area contributed by atoms with Crippen LogP contribution in [0.1, 0.15) is 45.6 Å². The van der Waals surface area contributed by atoms with E-state index in [9.17, 15) is 0 Å². The minimum atomic E-state index is 0.158. The average molecular weight is 481 g/mol. The molecule has 4 aromatic carbocycles. The van der Waals surface area contributed by atoms with Crippen LogP contribution in [-0.2, 0) is 6.42 Å². The average Bonchev–Trinajstić information content (AvgIpc) is 2.96. The molecule has 0 saturated carbocycles. The summed E-state index contributed by atoms with van der Waals surface area (Å²) in [6, 6.07) is 32.1. The number of rotatable bonds is 7. The summed E-state index contributed by atoms with van der Waals surface area (Å²) in [5.74, 6) is 4.11. The summed E-state index contributed by atoms with van der Waals surface area (Å²) < 4.78 is 22.0. The first-order chi connectivity index (χ1) is 17.6. The van der Waals surface area contributed by atoms with Gasteiger partial charge in [0, 0.05) is 11.8 Å². The standard InChI is InChI=1S/C32H32O4/c1-33-25-11-5-21(6-12-25)30-20-24-19-28(36-4)17-18-29(24)31(22-7-13-26(34-2)14-8-22)32(30)23-9-15-27(35-3)16-10-23/h5-19,30-32H,20H2,1-4H3/t30-,31-,32-/m1/s1. The van der Waals surface area contributed by atoms with Crippen LogP contribution in [0.25, 0.3) is 0 Å². The lowest BCUT2D eigenvalue weighted by atomic mass is 9.62. The Balaban J connectivity index is 1.71. The fourth-order valence-corrected chi connectivity index (χ4v) is 5.60. The fourth-order valence-electron chi connectivity index (χ4n) is 5.60. The van der Waals surface area contributed by atoms with E-state index < -0.39 is 0 Å². The van der Waals surface area contributed by atoms with E-state index in [1.165, 1.54) is 27.8 Å². The van der Waals surface area contributed by atoms with Gasteiger partial charge < -0.3 is 18.9 Å². The van der Waals surface area contributed by atoms with Crippen LogP contribution in [0, 0.1) is 0 Å². The summed E-state index contributed by atoms with van der Waals surface area (Å²) in [4.78, 5) is 0. The van der Waals surface area contributed by atoms with E-state index in [1.54, 1.807) is 28.4 Å². The van der Waals surface area contributed by atoms with Crippen LogP contribution in [0.4, 0.5) is 0 Å². The minimum absolute atomic E-state index is 0.158. The molecule has 1 aliphatic carbocycles. The summed E-state index contributed by atoms with van der Waals surface area (Å²) in [6.45, 7) is 0. The third-order valence-electron chi connectivity index (χ3n) is 7.44. The van der Waals surface area contributed by atoms with Crippen molar-refractivity contribution in [2.45, 2.75) is 24.2 Å². The Kier molecular flexibility index (Phi) is 6.86. The molecule has 0 bridgehead atoms. The Morgan fingerprint density at radius 1 is 0.500 bits per heavy atom. The molecule has 184 valence electrons. The smallest absolute Gasteiger partial charge is 0.119 e. The monoisotopic (exact) mass is 480 g/mol. The van der Waals surface area contributed by atoms with Crippen LogP contribution < -0.4 is 18.9 Å². The predicted molar refractivity (Wildman–Crippen MR) is 143 cm³/mol. The number of fused-ring (bicyclic) bond motifs is 1. The maximum atomic E-state index is 5.61. The second kappa shape index (κ2) is 10.4. The number of ether oxygens (including phenoxy) is 4. The largest absolute Gasteiger partial charge is 0.497 e. The molecule has 4 nitrogen and oxygen atoms in total. The first-order valence-corrected chi connectivity index (χ1v) is 12.2. The Labute approximate surface area is 213 Å². The van der Waals surface area contributed by atoms with E-state index in [0.717, 1.165) is 29.4 Å². The van der Waals surface area contributed by atoms with Gasteiger partial charge in [0.05, 0.1) is 28.4 Å². The molecule has 0 heterocycles. The van der Waals surface area contributed by atoms with Gasteiger partial charge in [0.1, 0.15) is 23.0 Å². The van der Waals surface area contributed by atoms with E-state index >= 15 is 0 Å². The molecule has 0 N–H and O–H groups in total. The second-order valence-electron chi connectivity index (χ2n) is 9.20. The zero-order valence-electron chi connectivity index (χ0n) is 21.2. The zero-order valence-corrected chi connectivity index (χ0v) is 21.2. The SMILES string of the molecule is COc1ccc([C@@H]2c3ccc(OC)cc3C[C@H](c3ccc(OC)cc3)[C@H]2c2ccc(OC)cc2)cc1. The number of hydrogen-bond acceptors (Lipinski definition) is 4. The van der Waals surface area contributed by atoms with E-state index in [4.69, 9.17) is 18.9 Å². The van der Waals surface area contributed by atoms with E-state index in [2.05, 4.69) is 91.0 Å². The molecular weight excluding hydrogens is 448 g/mol. The molecule has 36 heavy (non-hydrogen) atoms. The van der Waals surface area contributed by atoms with Gasteiger partial charge in [0.15, 0.2) is 0 Å². The minimum Gasteiger partial charge on any atom is -0.497 e. The van der Waals surface area contributed by atoms with Crippen molar-refractivity contribution in [2.75, 3.05) is 28.4 Å². The Morgan fingerprint density at radius 2 is 0.944 bits per heavy atom. The molecule has 0 aliphatic heterocycles. The van der Waals surface area contributed by atoms with Crippen LogP contribution in [0.15, 0.2) is 91.0 Å². The highest BCUT2D eigenvalue weighted by molar-refractivity contribution is 5.52. The van der Waals surface area contributed by atoms with E-state index in [-0.39, 0.29) is 17.8 Å². The normalized spacial score (nSPS) is 18.7. The summed E-state index contributed by atoms with van der Waals surface area (Å²) in [6.07, 6.45) is 0.919. The van der Waals surface area contributed by atoms with Gasteiger partial charge in [-0.15, -0.1) is 0 Å². The first-order valence-electron chi connectivity index (χ1n) is 12.2. The summed E-state index contributed by atoms with van der Waals surface area (Å²) in [7, 11) is 6.85. The molecule has 0 aromatic heterocycles. The molecule has 0 unspecified atom stereocenters. The van der Waals surface area contributed by atoms with E-state index in [0.29, 0.717) is 0 Å². The summed E-state index contributed by atoms with van der Waals surface area (Å²) in [5.41, 5.74) is 6.51. The summed E-state index contributed by atoms with van der Waals surface area (Å²) >= 11 is 0. The molecule has 0 fully saturated rings.